The minimum Gasteiger partial charge on any atom is -0.481 e. The lowest BCUT2D eigenvalue weighted by atomic mass is 9.89. The van der Waals surface area contributed by atoms with Gasteiger partial charge in [-0.15, -0.1) is 5.10 Å². The lowest BCUT2D eigenvalue weighted by molar-refractivity contribution is 0.0441. The molecule has 1 N–H and O–H groups in total. The molecular weight excluding hydrogens is 318 g/mol. The summed E-state index contributed by atoms with van der Waals surface area (Å²) in [4.78, 5) is 18.6. The van der Waals surface area contributed by atoms with Gasteiger partial charge in [-0.05, 0) is 31.9 Å². The number of aryl methyl sites for hydroxylation is 2. The van der Waals surface area contributed by atoms with Crippen LogP contribution in [0, 0.1) is 6.92 Å². The minimum absolute atomic E-state index is 0.194. The van der Waals surface area contributed by atoms with E-state index in [9.17, 15) is 4.79 Å². The summed E-state index contributed by atoms with van der Waals surface area (Å²) >= 11 is 0. The van der Waals surface area contributed by atoms with E-state index in [0.29, 0.717) is 19.0 Å². The van der Waals surface area contributed by atoms with Gasteiger partial charge in [0, 0.05) is 19.2 Å². The van der Waals surface area contributed by atoms with Crippen molar-refractivity contribution < 1.29 is 9.53 Å². The number of carbonyl (C=O) groups is 1. The van der Waals surface area contributed by atoms with Crippen molar-refractivity contribution in [2.45, 2.75) is 25.4 Å². The van der Waals surface area contributed by atoms with Crippen LogP contribution in [0.25, 0.3) is 6.08 Å². The fourth-order valence-electron chi connectivity index (χ4n) is 3.34. The Bertz CT molecular complexity index is 824. The zero-order valence-corrected chi connectivity index (χ0v) is 14.4. The molecule has 130 valence electrons. The summed E-state index contributed by atoms with van der Waals surface area (Å²) in [5.41, 5.74) is 0.611. The van der Waals surface area contributed by atoms with E-state index in [0.717, 1.165) is 30.0 Å². The number of fused-ring (bicyclic) bond motifs is 1. The van der Waals surface area contributed by atoms with Gasteiger partial charge in [0.2, 0.25) is 5.95 Å². The molecule has 7 nitrogen and oxygen atoms in total. The van der Waals surface area contributed by atoms with Gasteiger partial charge in [-0.1, -0.05) is 24.3 Å². The molecule has 1 unspecified atom stereocenters. The van der Waals surface area contributed by atoms with Crippen LogP contribution in [0.4, 0.5) is 10.7 Å². The van der Waals surface area contributed by atoms with E-state index >= 15 is 0 Å². The number of urea groups is 1. The summed E-state index contributed by atoms with van der Waals surface area (Å²) in [6.07, 6.45) is 5.94. The van der Waals surface area contributed by atoms with E-state index in [2.05, 4.69) is 27.6 Å². The molecule has 2 amide bonds. The van der Waals surface area contributed by atoms with Crippen molar-refractivity contribution in [2.24, 2.45) is 7.05 Å². The van der Waals surface area contributed by atoms with Gasteiger partial charge in [0.1, 0.15) is 17.2 Å². The van der Waals surface area contributed by atoms with Crippen molar-refractivity contribution in [3.8, 4) is 5.75 Å². The summed E-state index contributed by atoms with van der Waals surface area (Å²) in [5, 5.41) is 6.96. The summed E-state index contributed by atoms with van der Waals surface area (Å²) in [5.74, 6) is 1.95. The normalized spacial score (nSPS) is 21.8. The SMILES string of the molecule is Cc1nc(NC(=O)N2CCCC3(C=Cc4ccccc4O3)C2)nn1C. The number of ether oxygens (including phenoxy) is 1. The third kappa shape index (κ3) is 2.97. The molecule has 0 bridgehead atoms. The molecule has 1 spiro atoms. The van der Waals surface area contributed by atoms with Crippen molar-refractivity contribution in [3.05, 3.63) is 41.7 Å². The van der Waals surface area contributed by atoms with Crippen LogP contribution in [-0.2, 0) is 7.05 Å². The molecule has 25 heavy (non-hydrogen) atoms. The van der Waals surface area contributed by atoms with Gasteiger partial charge in [0.15, 0.2) is 0 Å². The Morgan fingerprint density at radius 2 is 2.20 bits per heavy atom. The minimum atomic E-state index is -0.461. The lowest BCUT2D eigenvalue weighted by Gasteiger charge is -2.42. The highest BCUT2D eigenvalue weighted by Crippen LogP contribution is 2.36. The molecule has 7 heteroatoms. The molecule has 2 aromatic rings. The molecule has 0 aliphatic carbocycles. The second-order valence-electron chi connectivity index (χ2n) is 6.60. The maximum atomic E-state index is 12.6. The van der Waals surface area contributed by atoms with Crippen LogP contribution in [0.5, 0.6) is 5.75 Å². The number of amides is 2. The van der Waals surface area contributed by atoms with Crippen LogP contribution in [0.1, 0.15) is 24.2 Å². The first kappa shape index (κ1) is 15.7. The summed E-state index contributed by atoms with van der Waals surface area (Å²) in [6, 6.07) is 7.77. The molecule has 0 saturated carbocycles. The monoisotopic (exact) mass is 339 g/mol. The highest BCUT2D eigenvalue weighted by atomic mass is 16.5. The van der Waals surface area contributed by atoms with Crippen LogP contribution in [0.3, 0.4) is 0 Å². The lowest BCUT2D eigenvalue weighted by Crippen LogP contribution is -2.54. The van der Waals surface area contributed by atoms with E-state index in [-0.39, 0.29) is 6.03 Å². The first-order valence-corrected chi connectivity index (χ1v) is 8.46. The number of hydrogen-bond donors (Lipinski definition) is 1. The number of carbonyl (C=O) groups excluding carboxylic acids is 1. The summed E-state index contributed by atoms with van der Waals surface area (Å²) < 4.78 is 7.91. The number of aromatic nitrogens is 3. The third-order valence-electron chi connectivity index (χ3n) is 4.77. The fraction of sp³-hybridized carbons (Fsp3) is 0.389. The number of anilines is 1. The van der Waals surface area contributed by atoms with Crippen molar-refractivity contribution in [2.75, 3.05) is 18.4 Å². The predicted octanol–water partition coefficient (Wildman–Crippen LogP) is 2.60. The van der Waals surface area contributed by atoms with Crippen molar-refractivity contribution in [1.82, 2.24) is 19.7 Å². The molecule has 4 rings (SSSR count). The molecule has 0 radical (unpaired) electrons. The molecule has 1 atom stereocenters. The maximum Gasteiger partial charge on any atom is 0.324 e. The van der Waals surface area contributed by atoms with Gasteiger partial charge in [-0.25, -0.2) is 4.79 Å². The maximum absolute atomic E-state index is 12.6. The average Bonchev–Trinajstić information content (AvgIpc) is 2.92. The van der Waals surface area contributed by atoms with Gasteiger partial charge in [0.05, 0.1) is 6.54 Å². The Morgan fingerprint density at radius 3 is 3.00 bits per heavy atom. The van der Waals surface area contributed by atoms with Crippen LogP contribution in [-0.4, -0.2) is 44.4 Å². The van der Waals surface area contributed by atoms with Crippen LogP contribution >= 0.6 is 0 Å². The van der Waals surface area contributed by atoms with Crippen LogP contribution in [0.2, 0.25) is 0 Å². The topological polar surface area (TPSA) is 72.3 Å². The average molecular weight is 339 g/mol. The molecule has 1 fully saturated rings. The zero-order chi connectivity index (χ0) is 17.4. The fourth-order valence-corrected chi connectivity index (χ4v) is 3.34. The van der Waals surface area contributed by atoms with E-state index in [1.807, 2.05) is 31.2 Å². The highest BCUT2D eigenvalue weighted by molar-refractivity contribution is 5.87. The van der Waals surface area contributed by atoms with E-state index in [1.54, 1.807) is 16.6 Å². The number of likely N-dealkylation sites (tertiary alicyclic amines) is 1. The smallest absolute Gasteiger partial charge is 0.324 e. The number of rotatable bonds is 1. The van der Waals surface area contributed by atoms with Crippen molar-refractivity contribution >= 4 is 18.1 Å². The van der Waals surface area contributed by atoms with E-state index < -0.39 is 5.60 Å². The second kappa shape index (κ2) is 5.91. The van der Waals surface area contributed by atoms with Crippen LogP contribution < -0.4 is 10.1 Å². The first-order valence-electron chi connectivity index (χ1n) is 8.46. The molecule has 2 aliphatic rings. The Hall–Kier alpha value is -2.83. The molecule has 1 saturated heterocycles. The Labute approximate surface area is 146 Å². The van der Waals surface area contributed by atoms with Gasteiger partial charge < -0.3 is 9.64 Å². The summed E-state index contributed by atoms with van der Waals surface area (Å²) in [6.45, 7) is 3.05. The largest absolute Gasteiger partial charge is 0.481 e. The number of nitrogens with zero attached hydrogens (tertiary/aromatic N) is 4. The zero-order valence-electron chi connectivity index (χ0n) is 14.4. The second-order valence-corrected chi connectivity index (χ2v) is 6.60. The van der Waals surface area contributed by atoms with Gasteiger partial charge in [0.25, 0.3) is 0 Å². The summed E-state index contributed by atoms with van der Waals surface area (Å²) in [7, 11) is 1.80. The number of benzene rings is 1. The third-order valence-corrected chi connectivity index (χ3v) is 4.77. The number of hydrogen-bond acceptors (Lipinski definition) is 4. The Balaban J connectivity index is 1.49. The van der Waals surface area contributed by atoms with Gasteiger partial charge in [-0.2, -0.15) is 4.98 Å². The van der Waals surface area contributed by atoms with E-state index in [1.165, 1.54) is 0 Å². The van der Waals surface area contributed by atoms with Crippen molar-refractivity contribution in [1.29, 1.82) is 0 Å². The molecule has 1 aromatic heterocycles. The number of para-hydroxylation sites is 1. The first-order chi connectivity index (χ1) is 12.0. The number of piperidine rings is 1. The van der Waals surface area contributed by atoms with Gasteiger partial charge >= 0.3 is 6.03 Å². The van der Waals surface area contributed by atoms with Gasteiger partial charge in [-0.3, -0.25) is 10.00 Å². The molecule has 1 aromatic carbocycles. The predicted molar refractivity (Wildman–Crippen MR) is 94.4 cm³/mol. The highest BCUT2D eigenvalue weighted by Gasteiger charge is 2.39. The Kier molecular flexibility index (Phi) is 3.71. The molecule has 2 aliphatic heterocycles. The Morgan fingerprint density at radius 1 is 1.36 bits per heavy atom. The number of nitrogens with one attached hydrogen (secondary N) is 1. The molecular formula is C18H21N5O2. The quantitative estimate of drug-likeness (QED) is 0.867. The van der Waals surface area contributed by atoms with Crippen LogP contribution in [0.15, 0.2) is 30.3 Å². The van der Waals surface area contributed by atoms with Crippen molar-refractivity contribution in [3.63, 3.8) is 0 Å². The van der Waals surface area contributed by atoms with E-state index in [4.69, 9.17) is 4.74 Å². The standard InChI is InChI=1S/C18H21N5O2/c1-13-19-16(21-22(13)2)20-17(24)23-11-5-9-18(12-23)10-8-14-6-3-4-7-15(14)25-18/h3-4,6-8,10H,5,9,11-12H2,1-2H3,(H,20,21,24). The molecule has 3 heterocycles.